The molecule has 1 N–H and O–H groups in total. The molecule has 0 aromatic rings. The van der Waals surface area contributed by atoms with Crippen LogP contribution < -0.4 is 0 Å². The molecule has 2 bridgehead atoms. The third-order valence-electron chi connectivity index (χ3n) is 9.12. The number of carbonyl (C=O) groups is 1. The van der Waals surface area contributed by atoms with Crippen LogP contribution in [0.15, 0.2) is 0 Å². The second-order valence-electron chi connectivity index (χ2n) is 12.4. The lowest BCUT2D eigenvalue weighted by atomic mass is 9.47. The number of ether oxygens (including phenoxy) is 1. The predicted octanol–water partition coefficient (Wildman–Crippen LogP) is 5.84. The summed E-state index contributed by atoms with van der Waals surface area (Å²) in [6.45, 7) is 17.7. The Balaban J connectivity index is 1.89. The molecular weight excluding hydrogens is 348 g/mol. The summed E-state index contributed by atoms with van der Waals surface area (Å²) >= 11 is 0. The third kappa shape index (κ3) is 3.77. The monoisotopic (exact) mass is 392 g/mol. The zero-order valence-electron chi connectivity index (χ0n) is 19.5. The summed E-state index contributed by atoms with van der Waals surface area (Å²) in [5.74, 6) is 2.53. The normalized spacial score (nSPS) is 46.1. The van der Waals surface area contributed by atoms with Crippen molar-refractivity contribution in [3.8, 4) is 0 Å². The molecule has 8 atom stereocenters. The molecule has 0 aromatic heterocycles. The van der Waals surface area contributed by atoms with E-state index >= 15 is 0 Å². The Morgan fingerprint density at radius 3 is 2.21 bits per heavy atom. The Morgan fingerprint density at radius 1 is 0.964 bits per heavy atom. The van der Waals surface area contributed by atoms with Crippen LogP contribution in [0.4, 0.5) is 0 Å². The summed E-state index contributed by atoms with van der Waals surface area (Å²) in [5.41, 5.74) is -0.315. The number of hydrogen-bond acceptors (Lipinski definition) is 3. The average Bonchev–Trinajstić information content (AvgIpc) is 2.54. The quantitative estimate of drug-likeness (QED) is 0.570. The van der Waals surface area contributed by atoms with Gasteiger partial charge in [0.05, 0.1) is 12.0 Å². The minimum atomic E-state index is -0.596. The van der Waals surface area contributed by atoms with E-state index in [1.165, 1.54) is 25.7 Å². The highest BCUT2D eigenvalue weighted by molar-refractivity contribution is 5.74. The topological polar surface area (TPSA) is 46.5 Å². The summed E-state index contributed by atoms with van der Waals surface area (Å²) in [7, 11) is 0. The number of rotatable bonds is 1. The highest BCUT2D eigenvalue weighted by atomic mass is 16.6. The number of fused-ring (bicyclic) bond motifs is 3. The number of hydrogen-bond donors (Lipinski definition) is 1. The van der Waals surface area contributed by atoms with E-state index in [0.29, 0.717) is 23.2 Å². The van der Waals surface area contributed by atoms with Gasteiger partial charge < -0.3 is 9.84 Å². The van der Waals surface area contributed by atoms with E-state index in [1.807, 2.05) is 20.8 Å². The number of carbonyl (C=O) groups excluding carboxylic acids is 1. The van der Waals surface area contributed by atoms with Gasteiger partial charge in [-0.05, 0) is 93.3 Å². The zero-order chi connectivity index (χ0) is 21.1. The first-order valence-electron chi connectivity index (χ1n) is 11.7. The Kier molecular flexibility index (Phi) is 5.76. The Hall–Kier alpha value is -0.570. The fraction of sp³-hybridized carbons (Fsp3) is 0.960. The Morgan fingerprint density at radius 2 is 1.61 bits per heavy atom. The van der Waals surface area contributed by atoms with Gasteiger partial charge in [-0.3, -0.25) is 4.79 Å². The maximum Gasteiger partial charge on any atom is 0.312 e. The largest absolute Gasteiger partial charge is 0.460 e. The summed E-state index contributed by atoms with van der Waals surface area (Å²) in [4.78, 5) is 12.9. The first kappa shape index (κ1) is 22.1. The van der Waals surface area contributed by atoms with Gasteiger partial charge in [-0.2, -0.15) is 0 Å². The molecule has 0 spiro atoms. The van der Waals surface area contributed by atoms with Crippen LogP contribution in [0.5, 0.6) is 0 Å². The lowest BCUT2D eigenvalue weighted by Crippen LogP contribution is -2.57. The minimum Gasteiger partial charge on any atom is -0.460 e. The van der Waals surface area contributed by atoms with Gasteiger partial charge in [0.2, 0.25) is 0 Å². The van der Waals surface area contributed by atoms with Crippen molar-refractivity contribution in [3.05, 3.63) is 0 Å². The van der Waals surface area contributed by atoms with Crippen molar-refractivity contribution in [2.24, 2.45) is 46.3 Å². The van der Waals surface area contributed by atoms with Crippen LogP contribution in [0.25, 0.3) is 0 Å². The molecule has 3 aliphatic carbocycles. The second kappa shape index (κ2) is 7.29. The predicted molar refractivity (Wildman–Crippen MR) is 114 cm³/mol. The fourth-order valence-corrected chi connectivity index (χ4v) is 7.38. The van der Waals surface area contributed by atoms with E-state index < -0.39 is 11.7 Å². The van der Waals surface area contributed by atoms with E-state index in [9.17, 15) is 9.90 Å². The first-order valence-corrected chi connectivity index (χ1v) is 11.7. The highest BCUT2D eigenvalue weighted by Gasteiger charge is 2.57. The van der Waals surface area contributed by atoms with Crippen molar-refractivity contribution in [1.82, 2.24) is 0 Å². The van der Waals surface area contributed by atoms with E-state index in [4.69, 9.17) is 4.74 Å². The van der Waals surface area contributed by atoms with Gasteiger partial charge >= 0.3 is 5.97 Å². The molecule has 3 fully saturated rings. The van der Waals surface area contributed by atoms with E-state index in [0.717, 1.165) is 24.7 Å². The Bertz CT molecular complexity index is 589. The molecule has 3 rings (SSSR count). The number of aliphatic hydroxyl groups excluding tert-OH is 1. The van der Waals surface area contributed by atoms with E-state index in [-0.39, 0.29) is 17.3 Å². The fourth-order valence-electron chi connectivity index (χ4n) is 7.38. The summed E-state index contributed by atoms with van der Waals surface area (Å²) in [5, 5.41) is 11.5. The first-order chi connectivity index (χ1) is 12.8. The van der Waals surface area contributed by atoms with Gasteiger partial charge in [-0.15, -0.1) is 0 Å². The molecule has 3 heteroatoms. The smallest absolute Gasteiger partial charge is 0.312 e. The van der Waals surface area contributed by atoms with Crippen LogP contribution >= 0.6 is 0 Å². The van der Waals surface area contributed by atoms with Crippen molar-refractivity contribution < 1.29 is 14.6 Å². The molecule has 0 saturated heterocycles. The van der Waals surface area contributed by atoms with Crippen molar-refractivity contribution in [2.45, 2.75) is 106 Å². The number of aliphatic hydroxyl groups is 1. The van der Waals surface area contributed by atoms with Crippen molar-refractivity contribution in [1.29, 1.82) is 0 Å². The molecule has 0 amide bonds. The molecule has 0 heterocycles. The van der Waals surface area contributed by atoms with Crippen LogP contribution in [0.1, 0.15) is 93.9 Å². The van der Waals surface area contributed by atoms with Crippen LogP contribution in [0, 0.1) is 46.3 Å². The molecule has 0 aromatic carbocycles. The Labute approximate surface area is 173 Å². The molecule has 2 unspecified atom stereocenters. The van der Waals surface area contributed by atoms with Gasteiger partial charge in [0.25, 0.3) is 0 Å². The minimum absolute atomic E-state index is 0.191. The van der Waals surface area contributed by atoms with Crippen molar-refractivity contribution in [3.63, 3.8) is 0 Å². The average molecular weight is 393 g/mol. The molecule has 0 aliphatic heterocycles. The van der Waals surface area contributed by atoms with Gasteiger partial charge in [0, 0.05) is 0 Å². The van der Waals surface area contributed by atoms with E-state index in [1.54, 1.807) is 0 Å². The standard InChI is InChI=1S/C25H44O3/c1-15-9-10-17-14-20-16(2)13-18(22(27)28-23(3,4)5)21(26)25(20,8)12-11-19(15)24(17,6)7/h15-21,26H,9-14H2,1-8H3/t15-,16-,17+,18?,19+,20-,21?,25+/m1/s1. The summed E-state index contributed by atoms with van der Waals surface area (Å²) < 4.78 is 5.70. The van der Waals surface area contributed by atoms with Crippen molar-refractivity contribution >= 4 is 5.97 Å². The summed E-state index contributed by atoms with van der Waals surface area (Å²) in [6.07, 6.45) is 6.21. The summed E-state index contributed by atoms with van der Waals surface area (Å²) in [6, 6.07) is 0. The second-order valence-corrected chi connectivity index (χ2v) is 12.4. The lowest BCUT2D eigenvalue weighted by Gasteiger charge is -2.59. The molecule has 3 nitrogen and oxygen atoms in total. The molecule has 3 aliphatic rings. The molecule has 0 radical (unpaired) electrons. The van der Waals surface area contributed by atoms with Crippen LogP contribution in [0.3, 0.4) is 0 Å². The molecular formula is C25H44O3. The SMILES string of the molecule is C[C@@H]1CC(C(=O)OC(C)(C)C)C(O)[C@@]2(C)CC[C@H]3[C@H](C)CC[C@@H](C[C@H]12)C3(C)C. The lowest BCUT2D eigenvalue weighted by molar-refractivity contribution is -0.185. The number of esters is 1. The van der Waals surface area contributed by atoms with Crippen LogP contribution in [-0.2, 0) is 9.53 Å². The molecule has 28 heavy (non-hydrogen) atoms. The van der Waals surface area contributed by atoms with Gasteiger partial charge in [-0.1, -0.05) is 41.0 Å². The van der Waals surface area contributed by atoms with Gasteiger partial charge in [0.15, 0.2) is 0 Å². The molecule has 162 valence electrons. The maximum atomic E-state index is 12.9. The van der Waals surface area contributed by atoms with Crippen LogP contribution in [0.2, 0.25) is 0 Å². The zero-order valence-corrected chi connectivity index (χ0v) is 19.5. The highest BCUT2D eigenvalue weighted by Crippen LogP contribution is 2.61. The van der Waals surface area contributed by atoms with Crippen molar-refractivity contribution in [2.75, 3.05) is 0 Å². The molecule has 3 saturated carbocycles. The van der Waals surface area contributed by atoms with E-state index in [2.05, 4.69) is 34.6 Å². The third-order valence-corrected chi connectivity index (χ3v) is 9.12. The van der Waals surface area contributed by atoms with Gasteiger partial charge in [-0.25, -0.2) is 0 Å². The maximum absolute atomic E-state index is 12.9. The van der Waals surface area contributed by atoms with Crippen LogP contribution in [-0.4, -0.2) is 22.8 Å². The van der Waals surface area contributed by atoms with Gasteiger partial charge in [0.1, 0.15) is 5.60 Å².